The van der Waals surface area contributed by atoms with Gasteiger partial charge in [-0.25, -0.2) is 0 Å². The molecule has 3 aliphatic rings. The molecule has 0 saturated heterocycles. The van der Waals surface area contributed by atoms with E-state index in [4.69, 9.17) is 0 Å². The molecular weight excluding hydrogens is 642 g/mol. The third kappa shape index (κ3) is 9.38. The second kappa shape index (κ2) is 17.1. The van der Waals surface area contributed by atoms with Gasteiger partial charge in [0.1, 0.15) is 11.5 Å². The van der Waals surface area contributed by atoms with Crippen molar-refractivity contribution in [3.63, 3.8) is 0 Å². The molecule has 4 rings (SSSR count). The summed E-state index contributed by atoms with van der Waals surface area (Å²) in [5, 5.41) is 56.1. The van der Waals surface area contributed by atoms with E-state index in [1.165, 1.54) is 38.2 Å². The van der Waals surface area contributed by atoms with E-state index < -0.39 is 87.3 Å². The molecule has 0 fully saturated rings. The first-order valence-electron chi connectivity index (χ1n) is 16.3. The lowest BCUT2D eigenvalue weighted by Gasteiger charge is -2.23. The Labute approximate surface area is 291 Å². The zero-order valence-electron chi connectivity index (χ0n) is 29.0. The predicted octanol–water partition coefficient (Wildman–Crippen LogP) is 4.44. The molecule has 11 nitrogen and oxygen atoms in total. The van der Waals surface area contributed by atoms with Crippen LogP contribution in [0.25, 0.3) is 0 Å². The standard InChI is InChI=1S/C39H45NO10/c1-20-11-9-7-8-10-12-31(45)40-27-18-30(44)32-33(37(48)25(6)38(49)34(32)39(27)50)36(47)24(5)17-23(4)35(46)22(3)14-16-26(41)15-13-21(2)29(43)19-28(20)42/h7-14,16-18,20,22-23,26,28,35,41-42,46,48-49H,15,19H2,1-6H3,(H,40,45)/b8-7+,11-9-,12-10-,16-14+,21-13+,24-17+/t20-,22-,23-,26+,28-,35-/m0/s1. The number of aliphatic hydroxyl groups excluding tert-OH is 3. The van der Waals surface area contributed by atoms with Gasteiger partial charge in [0.15, 0.2) is 17.3 Å². The van der Waals surface area contributed by atoms with Gasteiger partial charge in [-0.2, -0.15) is 0 Å². The zero-order valence-corrected chi connectivity index (χ0v) is 29.0. The van der Waals surface area contributed by atoms with Gasteiger partial charge in [0.2, 0.25) is 11.7 Å². The van der Waals surface area contributed by atoms with Gasteiger partial charge in [0, 0.05) is 41.9 Å². The molecule has 1 aromatic carbocycles. The summed E-state index contributed by atoms with van der Waals surface area (Å²) in [4.78, 5) is 65.8. The Kier molecular flexibility index (Phi) is 13.5. The largest absolute Gasteiger partial charge is 0.507 e. The van der Waals surface area contributed by atoms with Gasteiger partial charge >= 0.3 is 0 Å². The van der Waals surface area contributed by atoms with Crippen LogP contribution in [0.2, 0.25) is 0 Å². The van der Waals surface area contributed by atoms with E-state index in [2.05, 4.69) is 5.32 Å². The molecule has 6 atom stereocenters. The smallest absolute Gasteiger partial charge is 0.248 e. The number of Topliss-reactive ketones (excluding diaryl/α,β-unsaturated/α-hetero) is 3. The number of hydrogen-bond acceptors (Lipinski definition) is 10. The van der Waals surface area contributed by atoms with Crippen molar-refractivity contribution in [2.75, 3.05) is 0 Å². The molecule has 266 valence electrons. The Bertz CT molecular complexity index is 1770. The third-order valence-electron chi connectivity index (χ3n) is 8.85. The highest BCUT2D eigenvalue weighted by molar-refractivity contribution is 6.31. The van der Waals surface area contributed by atoms with E-state index in [0.29, 0.717) is 5.57 Å². The lowest BCUT2D eigenvalue weighted by atomic mass is 9.82. The predicted molar refractivity (Wildman–Crippen MR) is 188 cm³/mol. The first kappa shape index (κ1) is 39.5. The normalized spacial score (nSPS) is 31.1. The molecule has 2 heterocycles. The number of aliphatic hydroxyl groups is 3. The van der Waals surface area contributed by atoms with Crippen LogP contribution >= 0.6 is 0 Å². The Balaban J connectivity index is 2.05. The summed E-state index contributed by atoms with van der Waals surface area (Å²) >= 11 is 0. The van der Waals surface area contributed by atoms with Crippen LogP contribution in [-0.4, -0.2) is 72.9 Å². The maximum Gasteiger partial charge on any atom is 0.248 e. The van der Waals surface area contributed by atoms with E-state index in [9.17, 15) is 49.5 Å². The Morgan fingerprint density at radius 2 is 1.32 bits per heavy atom. The third-order valence-corrected chi connectivity index (χ3v) is 8.85. The quantitative estimate of drug-likeness (QED) is 0.212. The fourth-order valence-corrected chi connectivity index (χ4v) is 5.54. The van der Waals surface area contributed by atoms with Crippen LogP contribution < -0.4 is 5.32 Å². The average Bonchev–Trinajstić information content (AvgIpc) is 3.07. The van der Waals surface area contributed by atoms with Crippen molar-refractivity contribution in [3.8, 4) is 11.5 Å². The highest BCUT2D eigenvalue weighted by Gasteiger charge is 2.37. The number of phenolic OH excluding ortho intramolecular Hbond substituents is 2. The molecule has 0 spiro atoms. The number of carbonyl (C=O) groups excluding carboxylic acids is 5. The molecule has 2 aliphatic heterocycles. The van der Waals surface area contributed by atoms with Crippen molar-refractivity contribution in [2.45, 2.75) is 72.7 Å². The van der Waals surface area contributed by atoms with Crippen molar-refractivity contribution in [1.29, 1.82) is 0 Å². The summed E-state index contributed by atoms with van der Waals surface area (Å²) in [7, 11) is 0. The van der Waals surface area contributed by atoms with Gasteiger partial charge in [-0.1, -0.05) is 75.5 Å². The van der Waals surface area contributed by atoms with Crippen LogP contribution in [0.15, 0.2) is 83.7 Å². The number of hydrogen-bond donors (Lipinski definition) is 6. The second-order valence-electron chi connectivity index (χ2n) is 12.8. The minimum atomic E-state index is -1.03. The number of allylic oxidation sites excluding steroid dienone is 8. The van der Waals surface area contributed by atoms with E-state index in [0.717, 1.165) is 12.2 Å². The maximum atomic E-state index is 13.7. The number of amides is 1. The summed E-state index contributed by atoms with van der Waals surface area (Å²) in [6.45, 7) is 9.41. The van der Waals surface area contributed by atoms with Gasteiger partial charge in [-0.3, -0.25) is 24.0 Å². The van der Waals surface area contributed by atoms with E-state index >= 15 is 0 Å². The van der Waals surface area contributed by atoms with Crippen molar-refractivity contribution in [1.82, 2.24) is 5.32 Å². The number of carbonyl (C=O) groups is 5. The number of benzene rings is 1. The van der Waals surface area contributed by atoms with Crippen LogP contribution in [-0.2, 0) is 9.59 Å². The molecule has 0 saturated carbocycles. The fourth-order valence-electron chi connectivity index (χ4n) is 5.54. The van der Waals surface area contributed by atoms with Crippen LogP contribution in [0, 0.1) is 24.7 Å². The SMILES string of the molecule is C/C1=C\C[C@@H](O)/C=C/[C@H](C)[C@H](O)[C@@H](C)/C=C(\C)C(=O)c2c(O)c(C)c(O)c3c2C(=O)C=C(NC(=O)\C=C/C=C/C=C\[C@H](C)[C@@H](O)CC1=O)C3=O. The average molecular weight is 688 g/mol. The minimum Gasteiger partial charge on any atom is -0.507 e. The number of rotatable bonds is 0. The number of ketones is 4. The molecule has 1 aromatic rings. The number of aromatic hydroxyl groups is 2. The van der Waals surface area contributed by atoms with E-state index in [-0.39, 0.29) is 35.7 Å². The van der Waals surface area contributed by atoms with Crippen molar-refractivity contribution in [3.05, 3.63) is 106 Å². The molecule has 4 bridgehead atoms. The monoisotopic (exact) mass is 687 g/mol. The minimum absolute atomic E-state index is 0.0421. The summed E-state index contributed by atoms with van der Waals surface area (Å²) in [6, 6.07) is 0. The molecular formula is C39H45NO10. The fraction of sp³-hybridized carbons (Fsp3) is 0.359. The van der Waals surface area contributed by atoms with Crippen molar-refractivity contribution in [2.24, 2.45) is 17.8 Å². The van der Waals surface area contributed by atoms with Gasteiger partial charge in [0.25, 0.3) is 0 Å². The van der Waals surface area contributed by atoms with Gasteiger partial charge in [-0.15, -0.1) is 0 Å². The second-order valence-corrected chi connectivity index (χ2v) is 12.8. The summed E-state index contributed by atoms with van der Waals surface area (Å²) < 4.78 is 0. The topological polar surface area (TPSA) is 199 Å². The lowest BCUT2D eigenvalue weighted by Crippen LogP contribution is -2.31. The maximum absolute atomic E-state index is 13.7. The summed E-state index contributed by atoms with van der Waals surface area (Å²) in [5.74, 6) is -6.60. The molecule has 11 heteroatoms. The molecule has 50 heavy (non-hydrogen) atoms. The Hall–Kier alpha value is -4.97. The molecule has 0 aromatic heterocycles. The summed E-state index contributed by atoms with van der Waals surface area (Å²) in [5.41, 5.74) is -1.77. The highest BCUT2D eigenvalue weighted by atomic mass is 16.3. The summed E-state index contributed by atoms with van der Waals surface area (Å²) in [6.07, 6.45) is 12.9. The van der Waals surface area contributed by atoms with E-state index in [1.807, 2.05) is 0 Å². The number of nitrogens with one attached hydrogen (secondary N) is 1. The zero-order chi connectivity index (χ0) is 37.4. The number of phenols is 2. The van der Waals surface area contributed by atoms with E-state index in [1.54, 1.807) is 58.1 Å². The van der Waals surface area contributed by atoms with Crippen LogP contribution in [0.4, 0.5) is 0 Å². The first-order valence-corrected chi connectivity index (χ1v) is 16.3. The van der Waals surface area contributed by atoms with Gasteiger partial charge in [0.05, 0.1) is 40.7 Å². The highest BCUT2D eigenvalue weighted by Crippen LogP contribution is 2.41. The van der Waals surface area contributed by atoms with Crippen LogP contribution in [0.5, 0.6) is 11.5 Å². The lowest BCUT2D eigenvalue weighted by molar-refractivity contribution is -0.118. The Morgan fingerprint density at radius 3 is 1.98 bits per heavy atom. The van der Waals surface area contributed by atoms with Crippen molar-refractivity contribution >= 4 is 29.0 Å². The Morgan fingerprint density at radius 1 is 0.700 bits per heavy atom. The van der Waals surface area contributed by atoms with Crippen LogP contribution in [0.1, 0.15) is 84.1 Å². The van der Waals surface area contributed by atoms with Crippen LogP contribution in [0.3, 0.4) is 0 Å². The van der Waals surface area contributed by atoms with Gasteiger partial charge < -0.3 is 30.8 Å². The molecule has 0 unspecified atom stereocenters. The molecule has 1 aliphatic carbocycles. The number of fused-ring (bicyclic) bond motifs is 18. The first-order chi connectivity index (χ1) is 23.5. The van der Waals surface area contributed by atoms with Gasteiger partial charge in [-0.05, 0) is 38.3 Å². The molecule has 0 radical (unpaired) electrons. The molecule has 1 amide bonds. The van der Waals surface area contributed by atoms with Crippen molar-refractivity contribution < 1.29 is 49.5 Å². The molecule has 6 N–H and O–H groups in total.